The van der Waals surface area contributed by atoms with E-state index in [0.717, 1.165) is 0 Å². The molecule has 0 radical (unpaired) electrons. The summed E-state index contributed by atoms with van der Waals surface area (Å²) in [6.45, 7) is 42.0. The highest BCUT2D eigenvalue weighted by molar-refractivity contribution is 5.22. The molecule has 0 unspecified atom stereocenters. The molecule has 0 saturated heterocycles. The first kappa shape index (κ1) is 117. The summed E-state index contributed by atoms with van der Waals surface area (Å²) in [7, 11) is 0. The van der Waals surface area contributed by atoms with Crippen LogP contribution in [0.2, 0.25) is 0 Å². The molecule has 0 aliphatic rings. The van der Waals surface area contributed by atoms with Crippen molar-refractivity contribution in [3.05, 3.63) is 400 Å². The van der Waals surface area contributed by atoms with Gasteiger partial charge < -0.3 is 30.6 Å². The van der Waals surface area contributed by atoms with Crippen LogP contribution in [0.5, 0.6) is 34.5 Å². The number of hydrogen-bond donors (Lipinski definition) is 6. The monoisotopic (exact) mass is 1450 g/mol. The van der Waals surface area contributed by atoms with Gasteiger partial charge in [-0.2, -0.15) is 0 Å². The summed E-state index contributed by atoms with van der Waals surface area (Å²) in [4.78, 5) is 0. The minimum absolute atomic E-state index is 0.322. The van der Waals surface area contributed by atoms with Gasteiger partial charge in [0.25, 0.3) is 0 Å². The third-order valence-electron chi connectivity index (χ3n) is 8.54. The minimum Gasteiger partial charge on any atom is -0.508 e. The molecule has 0 saturated carbocycles. The molecule has 0 spiro atoms. The second-order valence-corrected chi connectivity index (χ2v) is 20.6. The van der Waals surface area contributed by atoms with Crippen molar-refractivity contribution in [1.82, 2.24) is 0 Å². The van der Waals surface area contributed by atoms with Gasteiger partial charge in [-0.05, 0) is 72.8 Å². The van der Waals surface area contributed by atoms with Crippen molar-refractivity contribution in [2.75, 3.05) is 0 Å². The molecule has 0 aromatic heterocycles. The quantitative estimate of drug-likeness (QED) is 0.0900. The number of aromatic hydroxyl groups is 6. The number of para-hydroxylation sites is 6. The third-order valence-corrected chi connectivity index (χ3v) is 8.54. The predicted molar refractivity (Wildman–Crippen MR) is 478 cm³/mol. The fraction of sp³-hybridized carbons (Fsp3) is 0.280. The van der Waals surface area contributed by atoms with E-state index in [1.807, 2.05) is 282 Å². The van der Waals surface area contributed by atoms with E-state index in [1.54, 1.807) is 146 Å². The molecule has 12 aromatic rings. The topological polar surface area (TPSA) is 121 Å². The lowest BCUT2D eigenvalue weighted by Crippen LogP contribution is -1.56. The number of rotatable bonds is 0. The van der Waals surface area contributed by atoms with E-state index in [4.69, 9.17) is 30.6 Å². The van der Waals surface area contributed by atoms with E-state index in [9.17, 15) is 0 Å². The molecule has 12 aromatic carbocycles. The molecule has 0 aliphatic heterocycles. The summed E-state index contributed by atoms with van der Waals surface area (Å²) >= 11 is 0. The van der Waals surface area contributed by atoms with Gasteiger partial charge in [0.2, 0.25) is 0 Å². The summed E-state index contributed by atoms with van der Waals surface area (Å²) in [6.07, 6.45) is 10.0. The van der Waals surface area contributed by atoms with Crippen molar-refractivity contribution < 1.29 is 30.6 Å². The fourth-order valence-electron chi connectivity index (χ4n) is 4.88. The smallest absolute Gasteiger partial charge is 0.115 e. The number of benzene rings is 12. The van der Waals surface area contributed by atoms with Crippen LogP contribution >= 0.6 is 0 Å². The van der Waals surface area contributed by atoms with Crippen molar-refractivity contribution in [3.8, 4) is 34.5 Å². The second kappa shape index (κ2) is 124. The Labute approximate surface area is 651 Å². The van der Waals surface area contributed by atoms with Crippen molar-refractivity contribution in [2.24, 2.45) is 0 Å². The summed E-state index contributed by atoms with van der Waals surface area (Å²) in [5, 5.41) is 51.8. The molecule has 0 bridgehead atoms. The van der Waals surface area contributed by atoms with Crippen LogP contribution in [0.3, 0.4) is 0 Å². The van der Waals surface area contributed by atoms with Gasteiger partial charge in [0.1, 0.15) is 34.5 Å². The fourth-order valence-corrected chi connectivity index (χ4v) is 4.88. The Balaban J connectivity index is -0.000000115. The van der Waals surface area contributed by atoms with Crippen LogP contribution in [-0.4, -0.2) is 30.6 Å². The second-order valence-electron chi connectivity index (χ2n) is 20.6. The molecule has 12 rings (SSSR count). The van der Waals surface area contributed by atoms with Crippen LogP contribution in [-0.2, 0) is 0 Å². The highest BCUT2D eigenvalue weighted by atomic mass is 16.3. The van der Waals surface area contributed by atoms with Crippen LogP contribution in [0, 0.1) is 0 Å². The van der Waals surface area contributed by atoms with Crippen LogP contribution in [0.15, 0.2) is 400 Å². The molecule has 6 heteroatoms. The Morgan fingerprint density at radius 3 is 0.179 bits per heavy atom. The average molecular weight is 1450 g/mol. The Morgan fingerprint density at radius 1 is 0.113 bits per heavy atom. The van der Waals surface area contributed by atoms with Crippen LogP contribution < -0.4 is 0 Å². The molecule has 0 aliphatic carbocycles. The minimum atomic E-state index is 0.322. The summed E-state index contributed by atoms with van der Waals surface area (Å²) in [5.41, 5.74) is 0. The Morgan fingerprint density at radius 2 is 0.151 bits per heavy atom. The predicted octanol–water partition coefficient (Wildman–Crippen LogP) is 31.9. The normalized spacial score (nSPS) is 7.58. The van der Waals surface area contributed by atoms with E-state index in [2.05, 4.69) is 111 Å². The lowest BCUT2D eigenvalue weighted by Gasteiger charge is -1.82. The first-order valence-corrected chi connectivity index (χ1v) is 38.1. The number of hydrogen-bond acceptors (Lipinski definition) is 6. The third kappa shape index (κ3) is 148. The molecule has 106 heavy (non-hydrogen) atoms. The summed E-state index contributed by atoms with van der Waals surface area (Å²) < 4.78 is 0. The lowest BCUT2D eigenvalue weighted by atomic mass is 10.3. The zero-order valence-corrected chi connectivity index (χ0v) is 69.4. The van der Waals surface area contributed by atoms with Crippen LogP contribution in [0.1, 0.15) is 190 Å². The summed E-state index contributed by atoms with van der Waals surface area (Å²) in [6, 6.07) is 124. The molecule has 0 atom stereocenters. The van der Waals surface area contributed by atoms with Crippen molar-refractivity contribution >= 4 is 0 Å². The Kier molecular flexibility index (Phi) is 137. The van der Waals surface area contributed by atoms with Crippen LogP contribution in [0.25, 0.3) is 0 Å². The first-order valence-electron chi connectivity index (χ1n) is 38.1. The average Bonchev–Trinajstić information content (AvgIpc) is 1.70. The van der Waals surface area contributed by atoms with Crippen LogP contribution in [0.4, 0.5) is 0 Å². The van der Waals surface area contributed by atoms with Crippen molar-refractivity contribution in [3.63, 3.8) is 0 Å². The zero-order chi connectivity index (χ0) is 81.8. The molecule has 584 valence electrons. The number of phenolic OH excluding ortho intramolecular Hbond substituents is 6. The highest BCUT2D eigenvalue weighted by Crippen LogP contribution is 2.06. The molecule has 0 amide bonds. The van der Waals surface area contributed by atoms with E-state index in [0.29, 0.717) is 34.5 Å². The van der Waals surface area contributed by atoms with E-state index < -0.39 is 0 Å². The molecular weight excluding hydrogens is 1300 g/mol. The maximum absolute atomic E-state index is 8.63. The highest BCUT2D eigenvalue weighted by Gasteiger charge is 1.79. The van der Waals surface area contributed by atoms with Crippen molar-refractivity contribution in [2.45, 2.75) is 190 Å². The molecular formula is C100H148O6. The summed E-state index contributed by atoms with van der Waals surface area (Å²) in [5.74, 6) is 1.93. The number of phenols is 6. The maximum Gasteiger partial charge on any atom is 0.115 e. The maximum atomic E-state index is 8.63. The van der Waals surface area contributed by atoms with E-state index in [1.165, 1.54) is 51.4 Å². The standard InChI is InChI=1S/6C6H6O.6C6H6.8C3H8.2C2H6/c6*7-6-4-2-1-3-5-6;6*1-2-4-6-5-3-1;8*1-3-2;2*1-2/h6*1-5,7H;6*1-6H;8*3H2,1-2H3;2*1-2H3. The Hall–Kier alpha value is -10.6. The largest absolute Gasteiger partial charge is 0.508 e. The van der Waals surface area contributed by atoms with Gasteiger partial charge >= 0.3 is 0 Å². The molecule has 6 nitrogen and oxygen atoms in total. The zero-order valence-electron chi connectivity index (χ0n) is 69.4. The molecule has 6 N–H and O–H groups in total. The molecule has 0 fully saturated rings. The van der Waals surface area contributed by atoms with Crippen molar-refractivity contribution in [1.29, 1.82) is 0 Å². The first-order chi connectivity index (χ1) is 51.7. The van der Waals surface area contributed by atoms with Gasteiger partial charge in [0.15, 0.2) is 0 Å². The van der Waals surface area contributed by atoms with Gasteiger partial charge in [-0.15, -0.1) is 0 Å². The van der Waals surface area contributed by atoms with Gasteiger partial charge in [-0.3, -0.25) is 0 Å². The van der Waals surface area contributed by atoms with E-state index in [-0.39, 0.29) is 0 Å². The Bertz CT molecular complexity index is 2310. The lowest BCUT2D eigenvalue weighted by molar-refractivity contribution is 0.475. The van der Waals surface area contributed by atoms with Gasteiger partial charge in [-0.25, -0.2) is 0 Å². The van der Waals surface area contributed by atoms with E-state index >= 15 is 0 Å². The van der Waals surface area contributed by atoms with Gasteiger partial charge in [0, 0.05) is 0 Å². The SMILES string of the molecule is CC.CC.CCC.CCC.CCC.CCC.CCC.CCC.CCC.CCC.Oc1ccccc1.Oc1ccccc1.Oc1ccccc1.Oc1ccccc1.Oc1ccccc1.Oc1ccccc1.c1ccccc1.c1ccccc1.c1ccccc1.c1ccccc1.c1ccccc1.c1ccccc1. The van der Waals surface area contributed by atoms with Gasteiger partial charge in [-0.1, -0.05) is 517 Å². The molecule has 0 heterocycles. The van der Waals surface area contributed by atoms with Gasteiger partial charge in [0.05, 0.1) is 0 Å².